The Balaban J connectivity index is 1.91. The van der Waals surface area contributed by atoms with Crippen LogP contribution in [0.2, 0.25) is 0 Å². The number of carbonyl (C=O) groups is 2. The van der Waals surface area contributed by atoms with E-state index < -0.39 is 0 Å². The fourth-order valence-electron chi connectivity index (χ4n) is 2.66. The molecule has 2 rings (SSSR count). The van der Waals surface area contributed by atoms with Crippen LogP contribution in [0, 0.1) is 0 Å². The number of rotatable bonds is 7. The summed E-state index contributed by atoms with van der Waals surface area (Å²) in [6.07, 6.45) is 1.15. The van der Waals surface area contributed by atoms with Gasteiger partial charge in [0.05, 0.1) is 0 Å². The van der Waals surface area contributed by atoms with E-state index in [1.54, 1.807) is 19.0 Å². The van der Waals surface area contributed by atoms with Crippen LogP contribution < -0.4 is 0 Å². The van der Waals surface area contributed by atoms with Gasteiger partial charge in [-0.1, -0.05) is 42.5 Å². The summed E-state index contributed by atoms with van der Waals surface area (Å²) in [4.78, 5) is 27.8. The molecule has 2 amide bonds. The molecule has 25 heavy (non-hydrogen) atoms. The third-order valence-corrected chi connectivity index (χ3v) is 4.19. The Kier molecular flexibility index (Phi) is 6.75. The summed E-state index contributed by atoms with van der Waals surface area (Å²) in [7, 11) is 3.47. The zero-order valence-electron chi connectivity index (χ0n) is 15.2. The van der Waals surface area contributed by atoms with Crippen molar-refractivity contribution in [3.63, 3.8) is 0 Å². The Morgan fingerprint density at radius 1 is 0.880 bits per heavy atom. The van der Waals surface area contributed by atoms with Crippen molar-refractivity contribution >= 4 is 11.8 Å². The summed E-state index contributed by atoms with van der Waals surface area (Å²) in [5, 5.41) is 0. The van der Waals surface area contributed by atoms with Crippen molar-refractivity contribution < 1.29 is 9.59 Å². The molecule has 0 bridgehead atoms. The van der Waals surface area contributed by atoms with Crippen LogP contribution in [0.5, 0.6) is 0 Å². The van der Waals surface area contributed by atoms with Crippen LogP contribution in [0.1, 0.15) is 34.8 Å². The van der Waals surface area contributed by atoms with Gasteiger partial charge in [0.2, 0.25) is 5.91 Å². The largest absolute Gasteiger partial charge is 0.345 e. The Labute approximate surface area is 150 Å². The minimum atomic E-state index is -0.0114. The number of hydrogen-bond donors (Lipinski definition) is 0. The molecule has 2 aromatic carbocycles. The van der Waals surface area contributed by atoms with Gasteiger partial charge in [0.1, 0.15) is 0 Å². The minimum absolute atomic E-state index is 0.0114. The Morgan fingerprint density at radius 2 is 1.52 bits per heavy atom. The van der Waals surface area contributed by atoms with Crippen molar-refractivity contribution in [2.45, 2.75) is 26.3 Å². The van der Waals surface area contributed by atoms with E-state index in [-0.39, 0.29) is 11.8 Å². The molecule has 0 heterocycles. The Hall–Kier alpha value is -2.62. The molecular formula is C21H26N2O2. The van der Waals surface area contributed by atoms with E-state index in [1.165, 1.54) is 0 Å². The van der Waals surface area contributed by atoms with E-state index in [9.17, 15) is 9.59 Å². The van der Waals surface area contributed by atoms with Crippen molar-refractivity contribution in [2.75, 3.05) is 20.6 Å². The van der Waals surface area contributed by atoms with Gasteiger partial charge in [0, 0.05) is 39.2 Å². The number of benzene rings is 2. The zero-order valence-corrected chi connectivity index (χ0v) is 15.2. The summed E-state index contributed by atoms with van der Waals surface area (Å²) in [6, 6.07) is 17.5. The van der Waals surface area contributed by atoms with E-state index in [0.29, 0.717) is 31.5 Å². The third-order valence-electron chi connectivity index (χ3n) is 4.19. The van der Waals surface area contributed by atoms with Crippen LogP contribution in [0.15, 0.2) is 54.6 Å². The van der Waals surface area contributed by atoms with Gasteiger partial charge < -0.3 is 9.80 Å². The summed E-state index contributed by atoms with van der Waals surface area (Å²) < 4.78 is 0. The lowest BCUT2D eigenvalue weighted by molar-refractivity contribution is -0.131. The molecule has 0 aromatic heterocycles. The molecule has 132 valence electrons. The van der Waals surface area contributed by atoms with Gasteiger partial charge in [0.25, 0.3) is 5.91 Å². The zero-order chi connectivity index (χ0) is 18.2. The highest BCUT2D eigenvalue weighted by Crippen LogP contribution is 2.11. The van der Waals surface area contributed by atoms with Crippen molar-refractivity contribution in [2.24, 2.45) is 0 Å². The lowest BCUT2D eigenvalue weighted by Gasteiger charge is -2.21. The van der Waals surface area contributed by atoms with Crippen LogP contribution in [0.25, 0.3) is 0 Å². The Bertz CT molecular complexity index is 694. The normalized spacial score (nSPS) is 10.4. The highest BCUT2D eigenvalue weighted by Gasteiger charge is 2.13. The maximum Gasteiger partial charge on any atom is 0.253 e. The standard InChI is InChI=1S/C21H26N2O2/c1-4-23(16-18-8-6-5-7-9-18)20(24)15-12-17-10-13-19(14-11-17)21(25)22(2)3/h5-11,13-14H,4,12,15-16H2,1-3H3. The van der Waals surface area contributed by atoms with E-state index in [4.69, 9.17) is 0 Å². The van der Waals surface area contributed by atoms with E-state index in [2.05, 4.69) is 0 Å². The quantitative estimate of drug-likeness (QED) is 0.776. The molecule has 0 spiro atoms. The summed E-state index contributed by atoms with van der Waals surface area (Å²) in [5.74, 6) is 0.141. The van der Waals surface area contributed by atoms with Gasteiger partial charge in [-0.25, -0.2) is 0 Å². The van der Waals surface area contributed by atoms with E-state index >= 15 is 0 Å². The average molecular weight is 338 g/mol. The monoisotopic (exact) mass is 338 g/mol. The molecule has 0 aliphatic rings. The molecule has 2 aromatic rings. The molecule has 0 radical (unpaired) electrons. The summed E-state index contributed by atoms with van der Waals surface area (Å²) >= 11 is 0. The second kappa shape index (κ2) is 9.02. The van der Waals surface area contributed by atoms with E-state index in [1.807, 2.05) is 66.4 Å². The minimum Gasteiger partial charge on any atom is -0.345 e. The van der Waals surface area contributed by atoms with Crippen molar-refractivity contribution in [1.29, 1.82) is 0 Å². The number of carbonyl (C=O) groups excluding carboxylic acids is 2. The van der Waals surface area contributed by atoms with Crippen molar-refractivity contribution in [3.05, 3.63) is 71.3 Å². The van der Waals surface area contributed by atoms with Gasteiger partial charge in [-0.3, -0.25) is 9.59 Å². The topological polar surface area (TPSA) is 40.6 Å². The molecule has 4 nitrogen and oxygen atoms in total. The SMILES string of the molecule is CCN(Cc1ccccc1)C(=O)CCc1ccc(C(=O)N(C)C)cc1. The molecule has 0 atom stereocenters. The van der Waals surface area contributed by atoms with Gasteiger partial charge >= 0.3 is 0 Å². The molecule has 0 N–H and O–H groups in total. The summed E-state index contributed by atoms with van der Waals surface area (Å²) in [6.45, 7) is 3.35. The first kappa shape index (κ1) is 18.7. The highest BCUT2D eigenvalue weighted by atomic mass is 16.2. The third kappa shape index (κ3) is 5.45. The molecule has 0 saturated carbocycles. The predicted octanol–water partition coefficient (Wildman–Crippen LogP) is 3.37. The van der Waals surface area contributed by atoms with Crippen LogP contribution in [0.3, 0.4) is 0 Å². The van der Waals surface area contributed by atoms with Crippen molar-refractivity contribution in [1.82, 2.24) is 9.80 Å². The number of hydrogen-bond acceptors (Lipinski definition) is 2. The fourth-order valence-corrected chi connectivity index (χ4v) is 2.66. The first-order valence-corrected chi connectivity index (χ1v) is 8.63. The molecule has 4 heteroatoms. The fraction of sp³-hybridized carbons (Fsp3) is 0.333. The summed E-state index contributed by atoms with van der Waals surface area (Å²) in [5.41, 5.74) is 2.88. The van der Waals surface area contributed by atoms with Crippen LogP contribution in [-0.4, -0.2) is 42.3 Å². The average Bonchev–Trinajstić information content (AvgIpc) is 2.64. The predicted molar refractivity (Wildman–Crippen MR) is 100 cm³/mol. The van der Waals surface area contributed by atoms with Gasteiger partial charge in [-0.15, -0.1) is 0 Å². The van der Waals surface area contributed by atoms with Gasteiger partial charge in [-0.2, -0.15) is 0 Å². The van der Waals surface area contributed by atoms with Gasteiger partial charge in [-0.05, 0) is 36.6 Å². The lowest BCUT2D eigenvalue weighted by Crippen LogP contribution is -2.30. The number of nitrogens with zero attached hydrogens (tertiary/aromatic N) is 2. The molecule has 0 fully saturated rings. The van der Waals surface area contributed by atoms with Crippen LogP contribution in [0.4, 0.5) is 0 Å². The molecule has 0 unspecified atom stereocenters. The first-order chi connectivity index (χ1) is 12.0. The first-order valence-electron chi connectivity index (χ1n) is 8.63. The number of amides is 2. The lowest BCUT2D eigenvalue weighted by atomic mass is 10.1. The van der Waals surface area contributed by atoms with Crippen LogP contribution in [-0.2, 0) is 17.8 Å². The van der Waals surface area contributed by atoms with Crippen molar-refractivity contribution in [3.8, 4) is 0 Å². The molecule has 0 aliphatic carbocycles. The maximum absolute atomic E-state index is 12.5. The van der Waals surface area contributed by atoms with E-state index in [0.717, 1.165) is 11.1 Å². The molecule has 0 saturated heterocycles. The second-order valence-corrected chi connectivity index (χ2v) is 6.29. The number of aryl methyl sites for hydroxylation is 1. The Morgan fingerprint density at radius 3 is 2.08 bits per heavy atom. The van der Waals surface area contributed by atoms with Gasteiger partial charge in [0.15, 0.2) is 0 Å². The van der Waals surface area contributed by atoms with Crippen LogP contribution >= 0.6 is 0 Å². The highest BCUT2D eigenvalue weighted by molar-refractivity contribution is 5.93. The maximum atomic E-state index is 12.5. The second-order valence-electron chi connectivity index (χ2n) is 6.29. The smallest absolute Gasteiger partial charge is 0.253 e. The molecule has 0 aliphatic heterocycles. The molecular weight excluding hydrogens is 312 g/mol.